The molecule has 1 fully saturated rings. The van der Waals surface area contributed by atoms with Crippen molar-refractivity contribution in [2.24, 2.45) is 5.92 Å². The van der Waals surface area contributed by atoms with Gasteiger partial charge in [-0.25, -0.2) is 0 Å². The summed E-state index contributed by atoms with van der Waals surface area (Å²) in [4.78, 5) is 38.2. The average molecular weight is 505 g/mol. The number of rotatable bonds is 6. The quantitative estimate of drug-likeness (QED) is 0.583. The van der Waals surface area contributed by atoms with Gasteiger partial charge in [-0.3, -0.25) is 14.4 Å². The van der Waals surface area contributed by atoms with E-state index in [2.05, 4.69) is 5.32 Å². The highest BCUT2D eigenvalue weighted by molar-refractivity contribution is 6.33. The molecule has 2 amide bonds. The van der Waals surface area contributed by atoms with E-state index in [4.69, 9.17) is 32.7 Å². The number of alkyl halides is 3. The number of ether oxygens (including phenoxy) is 2. The lowest BCUT2D eigenvalue weighted by Gasteiger charge is -2.19. The molecule has 0 radical (unpaired) electrons. The first-order chi connectivity index (χ1) is 15.5. The Balaban J connectivity index is 1.60. The van der Waals surface area contributed by atoms with Gasteiger partial charge in [0.25, 0.3) is 5.91 Å². The molecule has 0 bridgehead atoms. The van der Waals surface area contributed by atoms with Crippen molar-refractivity contribution in [1.29, 1.82) is 0 Å². The summed E-state index contributed by atoms with van der Waals surface area (Å²) in [5.41, 5.74) is -0.884. The number of carbonyl (C=O) groups is 3. The van der Waals surface area contributed by atoms with Crippen molar-refractivity contribution in [1.82, 2.24) is 0 Å². The van der Waals surface area contributed by atoms with Crippen molar-refractivity contribution in [3.8, 4) is 5.75 Å². The van der Waals surface area contributed by atoms with Crippen LogP contribution >= 0.6 is 23.2 Å². The smallest absolute Gasteiger partial charge is 0.416 e. The average Bonchev–Trinajstić information content (AvgIpc) is 3.14. The SMILES string of the molecule is COc1ccc(Cl)cc1N1C[C@H](C(=O)OCC(=O)Nc2cc(C(F)(F)F)ccc2Cl)CC1=O. The van der Waals surface area contributed by atoms with E-state index >= 15 is 0 Å². The number of anilines is 2. The highest BCUT2D eigenvalue weighted by Crippen LogP contribution is 2.36. The second-order valence-corrected chi connectivity index (χ2v) is 7.91. The first-order valence-electron chi connectivity index (χ1n) is 9.46. The Morgan fingerprint density at radius 3 is 2.58 bits per heavy atom. The molecule has 7 nitrogen and oxygen atoms in total. The highest BCUT2D eigenvalue weighted by atomic mass is 35.5. The lowest BCUT2D eigenvalue weighted by molar-refractivity contribution is -0.151. The fraction of sp³-hybridized carbons (Fsp3) is 0.286. The van der Waals surface area contributed by atoms with Crippen LogP contribution in [0.4, 0.5) is 24.5 Å². The summed E-state index contributed by atoms with van der Waals surface area (Å²) in [7, 11) is 1.42. The molecular formula is C21H17Cl2F3N2O5. The molecule has 3 rings (SSSR count). The van der Waals surface area contributed by atoms with Gasteiger partial charge in [-0.2, -0.15) is 13.2 Å². The van der Waals surface area contributed by atoms with E-state index in [1.807, 2.05) is 0 Å². The van der Waals surface area contributed by atoms with Crippen LogP contribution in [0.2, 0.25) is 10.0 Å². The normalized spacial score (nSPS) is 16.0. The molecule has 0 spiro atoms. The third-order valence-corrected chi connectivity index (χ3v) is 5.37. The number of nitrogens with zero attached hydrogens (tertiary/aromatic N) is 1. The summed E-state index contributed by atoms with van der Waals surface area (Å²) >= 11 is 11.8. The maximum absolute atomic E-state index is 12.8. The van der Waals surface area contributed by atoms with Gasteiger partial charge >= 0.3 is 12.1 Å². The van der Waals surface area contributed by atoms with E-state index in [0.29, 0.717) is 22.5 Å². The van der Waals surface area contributed by atoms with Crippen LogP contribution in [0.25, 0.3) is 0 Å². The lowest BCUT2D eigenvalue weighted by atomic mass is 10.1. The molecule has 0 saturated carbocycles. The Hall–Kier alpha value is -2.98. The zero-order valence-corrected chi connectivity index (χ0v) is 18.6. The van der Waals surface area contributed by atoms with Gasteiger partial charge in [-0.15, -0.1) is 0 Å². The minimum Gasteiger partial charge on any atom is -0.495 e. The number of hydrogen-bond donors (Lipinski definition) is 1. The van der Waals surface area contributed by atoms with Crippen LogP contribution in [0.15, 0.2) is 36.4 Å². The molecule has 2 aromatic rings. The van der Waals surface area contributed by atoms with Crippen molar-refractivity contribution in [3.63, 3.8) is 0 Å². The van der Waals surface area contributed by atoms with E-state index in [1.54, 1.807) is 12.1 Å². The number of benzene rings is 2. The summed E-state index contributed by atoms with van der Waals surface area (Å²) in [6, 6.07) is 7.14. The van der Waals surface area contributed by atoms with Crippen LogP contribution in [-0.4, -0.2) is 38.0 Å². The van der Waals surface area contributed by atoms with Gasteiger partial charge in [0.2, 0.25) is 5.91 Å². The monoisotopic (exact) mass is 504 g/mol. The Labute approximate surface area is 196 Å². The van der Waals surface area contributed by atoms with E-state index in [0.717, 1.165) is 12.1 Å². The Morgan fingerprint density at radius 2 is 1.91 bits per heavy atom. The number of esters is 1. The van der Waals surface area contributed by atoms with Gasteiger partial charge < -0.3 is 19.7 Å². The van der Waals surface area contributed by atoms with Crippen molar-refractivity contribution < 1.29 is 37.0 Å². The van der Waals surface area contributed by atoms with Crippen LogP contribution in [0.1, 0.15) is 12.0 Å². The zero-order valence-electron chi connectivity index (χ0n) is 17.0. The van der Waals surface area contributed by atoms with Crippen molar-refractivity contribution in [2.75, 3.05) is 30.5 Å². The molecule has 1 atom stereocenters. The van der Waals surface area contributed by atoms with Gasteiger partial charge in [0.15, 0.2) is 6.61 Å². The lowest BCUT2D eigenvalue weighted by Crippen LogP contribution is -2.28. The van der Waals surface area contributed by atoms with Gasteiger partial charge in [0, 0.05) is 18.0 Å². The number of amides is 2. The molecule has 12 heteroatoms. The van der Waals surface area contributed by atoms with Crippen LogP contribution in [0.3, 0.4) is 0 Å². The molecule has 0 aliphatic carbocycles. The Morgan fingerprint density at radius 1 is 1.18 bits per heavy atom. The van der Waals surface area contributed by atoms with Crippen LogP contribution < -0.4 is 15.0 Å². The van der Waals surface area contributed by atoms with Crippen molar-refractivity contribution in [3.05, 3.63) is 52.0 Å². The predicted octanol–water partition coefficient (Wildman–Crippen LogP) is 4.56. The zero-order chi connectivity index (χ0) is 24.3. The molecule has 0 unspecified atom stereocenters. The van der Waals surface area contributed by atoms with Gasteiger partial charge in [-0.05, 0) is 36.4 Å². The first kappa shape index (κ1) is 24.7. The highest BCUT2D eigenvalue weighted by Gasteiger charge is 2.37. The van der Waals surface area contributed by atoms with Crippen molar-refractivity contribution in [2.45, 2.75) is 12.6 Å². The largest absolute Gasteiger partial charge is 0.495 e. The molecule has 2 aromatic carbocycles. The summed E-state index contributed by atoms with van der Waals surface area (Å²) in [5, 5.41) is 2.43. The van der Waals surface area contributed by atoms with E-state index in [1.165, 1.54) is 18.1 Å². The van der Waals surface area contributed by atoms with E-state index in [9.17, 15) is 27.6 Å². The first-order valence-corrected chi connectivity index (χ1v) is 10.2. The molecule has 1 aliphatic heterocycles. The molecule has 176 valence electrons. The summed E-state index contributed by atoms with van der Waals surface area (Å²) in [6.45, 7) is -0.786. The number of hydrogen-bond acceptors (Lipinski definition) is 5. The van der Waals surface area contributed by atoms with E-state index in [-0.39, 0.29) is 29.6 Å². The molecule has 1 aliphatic rings. The minimum atomic E-state index is -4.62. The summed E-state index contributed by atoms with van der Waals surface area (Å²) in [6.07, 6.45) is -4.78. The third kappa shape index (κ3) is 5.88. The Kier molecular flexibility index (Phi) is 7.38. The predicted molar refractivity (Wildman–Crippen MR) is 115 cm³/mol. The number of halogens is 5. The number of nitrogens with one attached hydrogen (secondary N) is 1. The third-order valence-electron chi connectivity index (χ3n) is 4.80. The maximum Gasteiger partial charge on any atom is 0.416 e. The molecule has 0 aromatic heterocycles. The van der Waals surface area contributed by atoms with E-state index < -0.39 is 36.1 Å². The molecular weight excluding hydrogens is 488 g/mol. The maximum atomic E-state index is 12.8. The fourth-order valence-corrected chi connectivity index (χ4v) is 3.54. The number of carbonyl (C=O) groups excluding carboxylic acids is 3. The fourth-order valence-electron chi connectivity index (χ4n) is 3.21. The van der Waals surface area contributed by atoms with Gasteiger partial charge in [0.05, 0.1) is 35.0 Å². The number of methoxy groups -OCH3 is 1. The second kappa shape index (κ2) is 9.88. The van der Waals surface area contributed by atoms with Crippen LogP contribution in [0, 0.1) is 5.92 Å². The standard InChI is InChI=1S/C21H17Cl2F3N2O5/c1-32-17-5-3-13(22)8-16(17)28-9-11(6-19(28)30)20(31)33-10-18(29)27-15-7-12(21(24,25)26)2-4-14(15)23/h2-5,7-8,11H,6,9-10H2,1H3,(H,27,29)/t11-/m1/s1. The Bertz CT molecular complexity index is 1090. The van der Waals surface area contributed by atoms with Crippen molar-refractivity contribution >= 4 is 52.4 Å². The van der Waals surface area contributed by atoms with Gasteiger partial charge in [0.1, 0.15) is 5.75 Å². The topological polar surface area (TPSA) is 84.9 Å². The molecule has 33 heavy (non-hydrogen) atoms. The molecule has 1 heterocycles. The molecule has 1 N–H and O–H groups in total. The minimum absolute atomic E-state index is 0.0184. The molecule has 1 saturated heterocycles. The van der Waals surface area contributed by atoms with Crippen LogP contribution in [0.5, 0.6) is 5.75 Å². The summed E-state index contributed by atoms with van der Waals surface area (Å²) in [5.74, 6) is -2.53. The second-order valence-electron chi connectivity index (χ2n) is 7.07. The van der Waals surface area contributed by atoms with Gasteiger partial charge in [-0.1, -0.05) is 23.2 Å². The summed E-state index contributed by atoms with van der Waals surface area (Å²) < 4.78 is 48.7. The van der Waals surface area contributed by atoms with Crippen LogP contribution in [-0.2, 0) is 25.3 Å².